The van der Waals surface area contributed by atoms with Gasteiger partial charge in [0.1, 0.15) is 5.52 Å². The minimum atomic E-state index is -0.0548. The Balaban J connectivity index is 1.55. The number of nitrogens with zero attached hydrogens (tertiary/aromatic N) is 3. The van der Waals surface area contributed by atoms with E-state index in [1.165, 1.54) is 0 Å². The lowest BCUT2D eigenvalue weighted by molar-refractivity contribution is 0.0692. The van der Waals surface area contributed by atoms with Crippen molar-refractivity contribution < 1.29 is 9.21 Å². The highest BCUT2D eigenvalue weighted by atomic mass is 79.9. The van der Waals surface area contributed by atoms with Crippen LogP contribution in [0.4, 0.5) is 0 Å². The number of amides is 1. The molecule has 26 heavy (non-hydrogen) atoms. The molecule has 3 aromatic rings. The van der Waals surface area contributed by atoms with E-state index in [0.29, 0.717) is 18.1 Å². The van der Waals surface area contributed by atoms with Gasteiger partial charge in [-0.15, -0.1) is 0 Å². The predicted octanol–water partition coefficient (Wildman–Crippen LogP) is 4.46. The maximum Gasteiger partial charge on any atom is 0.275 e. The molecule has 0 aliphatic carbocycles. The Kier molecular flexibility index (Phi) is 4.56. The van der Waals surface area contributed by atoms with Gasteiger partial charge >= 0.3 is 0 Å². The number of likely N-dealkylation sites (tertiary alicyclic amines) is 1. The van der Waals surface area contributed by atoms with Crippen LogP contribution in [-0.2, 0) is 0 Å². The lowest BCUT2D eigenvalue weighted by atomic mass is 9.97. The zero-order chi connectivity index (χ0) is 18.3. The van der Waals surface area contributed by atoms with E-state index >= 15 is 0 Å². The number of benzene rings is 1. The van der Waals surface area contributed by atoms with E-state index in [0.717, 1.165) is 40.7 Å². The van der Waals surface area contributed by atoms with E-state index in [-0.39, 0.29) is 17.7 Å². The molecule has 2 aromatic heterocycles. The summed E-state index contributed by atoms with van der Waals surface area (Å²) in [5.74, 6) is 1.04. The molecule has 0 radical (unpaired) electrons. The molecule has 7 heteroatoms. The van der Waals surface area contributed by atoms with Crippen molar-refractivity contribution in [2.75, 3.05) is 13.1 Å². The number of oxazole rings is 1. The zero-order valence-electron chi connectivity index (χ0n) is 14.8. The van der Waals surface area contributed by atoms with Gasteiger partial charge in [-0.25, -0.2) is 4.98 Å². The minimum absolute atomic E-state index is 0.0548. The Hall–Kier alpha value is -2.15. The molecule has 3 heterocycles. The molecular weight excluding hydrogens is 396 g/mol. The number of carbonyl (C=O) groups is 1. The van der Waals surface area contributed by atoms with Gasteiger partial charge in [0.15, 0.2) is 17.2 Å². The van der Waals surface area contributed by atoms with Gasteiger partial charge in [-0.05, 0) is 46.8 Å². The van der Waals surface area contributed by atoms with Crippen molar-refractivity contribution in [2.24, 2.45) is 0 Å². The predicted molar refractivity (Wildman–Crippen MR) is 102 cm³/mol. The van der Waals surface area contributed by atoms with Gasteiger partial charge in [-0.1, -0.05) is 26.0 Å². The molecule has 1 atom stereocenters. The van der Waals surface area contributed by atoms with E-state index in [2.05, 4.69) is 45.0 Å². The van der Waals surface area contributed by atoms with Crippen LogP contribution in [-0.4, -0.2) is 39.1 Å². The van der Waals surface area contributed by atoms with Crippen LogP contribution in [0.1, 0.15) is 60.6 Å². The number of hydrogen-bond acceptors (Lipinski definition) is 4. The van der Waals surface area contributed by atoms with Gasteiger partial charge in [0, 0.05) is 13.1 Å². The van der Waals surface area contributed by atoms with Crippen LogP contribution in [0.2, 0.25) is 0 Å². The number of aromatic nitrogens is 3. The molecule has 1 saturated heterocycles. The van der Waals surface area contributed by atoms with Crippen LogP contribution in [0.25, 0.3) is 11.1 Å². The third-order valence-corrected chi connectivity index (χ3v) is 5.68. The molecule has 1 aliphatic rings. The normalized spacial score (nSPS) is 18.0. The van der Waals surface area contributed by atoms with Gasteiger partial charge in [0.2, 0.25) is 0 Å². The first kappa shape index (κ1) is 17.3. The van der Waals surface area contributed by atoms with Gasteiger partial charge in [-0.3, -0.25) is 9.89 Å². The maximum absolute atomic E-state index is 13.0. The molecule has 0 saturated carbocycles. The largest absolute Gasteiger partial charge is 0.440 e. The summed E-state index contributed by atoms with van der Waals surface area (Å²) < 4.78 is 6.69. The number of rotatable bonds is 3. The summed E-state index contributed by atoms with van der Waals surface area (Å²) >= 11 is 3.53. The van der Waals surface area contributed by atoms with Gasteiger partial charge < -0.3 is 9.32 Å². The number of halogens is 1. The molecule has 1 N–H and O–H groups in total. The van der Waals surface area contributed by atoms with Crippen molar-refractivity contribution in [3.63, 3.8) is 0 Å². The summed E-state index contributed by atoms with van der Waals surface area (Å²) in [6, 6.07) is 7.76. The number of fused-ring (bicyclic) bond motifs is 1. The van der Waals surface area contributed by atoms with Crippen molar-refractivity contribution in [3.8, 4) is 0 Å². The molecule has 1 aliphatic heterocycles. The summed E-state index contributed by atoms with van der Waals surface area (Å²) in [6.45, 7) is 5.46. The molecule has 0 spiro atoms. The third kappa shape index (κ3) is 3.05. The maximum atomic E-state index is 13.0. The van der Waals surface area contributed by atoms with Gasteiger partial charge in [0.05, 0.1) is 16.1 Å². The molecule has 1 amide bonds. The summed E-state index contributed by atoms with van der Waals surface area (Å²) in [5, 5.41) is 7.22. The summed E-state index contributed by atoms with van der Waals surface area (Å²) in [4.78, 5) is 19.4. The van der Waals surface area contributed by atoms with Crippen LogP contribution in [0.3, 0.4) is 0 Å². The fourth-order valence-corrected chi connectivity index (χ4v) is 4.25. The highest BCUT2D eigenvalue weighted by molar-refractivity contribution is 9.10. The Morgan fingerprint density at radius 2 is 2.19 bits per heavy atom. The second-order valence-corrected chi connectivity index (χ2v) is 7.86. The van der Waals surface area contributed by atoms with Crippen LogP contribution < -0.4 is 0 Å². The molecule has 1 unspecified atom stereocenters. The lowest BCUT2D eigenvalue weighted by Gasteiger charge is -2.30. The number of nitrogens with one attached hydrogen (secondary N) is 1. The number of aromatic amines is 1. The summed E-state index contributed by atoms with van der Waals surface area (Å²) in [6.07, 6.45) is 1.89. The van der Waals surface area contributed by atoms with Crippen LogP contribution >= 0.6 is 15.9 Å². The van der Waals surface area contributed by atoms with Crippen molar-refractivity contribution in [2.45, 2.75) is 38.5 Å². The second-order valence-electron chi connectivity index (χ2n) is 7.06. The Labute approximate surface area is 160 Å². The number of piperidine rings is 1. The Morgan fingerprint density at radius 3 is 2.92 bits per heavy atom. The first-order valence-corrected chi connectivity index (χ1v) is 9.72. The number of hydrogen-bond donors (Lipinski definition) is 1. The Morgan fingerprint density at radius 1 is 1.38 bits per heavy atom. The minimum Gasteiger partial charge on any atom is -0.440 e. The molecular formula is C19H21BrN4O2. The second kappa shape index (κ2) is 6.87. The van der Waals surface area contributed by atoms with Gasteiger partial charge in [0.25, 0.3) is 5.91 Å². The summed E-state index contributed by atoms with van der Waals surface area (Å²) in [5.41, 5.74) is 3.05. The highest BCUT2D eigenvalue weighted by Gasteiger charge is 2.31. The van der Waals surface area contributed by atoms with Crippen molar-refractivity contribution in [1.29, 1.82) is 0 Å². The summed E-state index contributed by atoms with van der Waals surface area (Å²) in [7, 11) is 0. The van der Waals surface area contributed by atoms with E-state index in [1.807, 2.05) is 29.2 Å². The molecule has 6 nitrogen and oxygen atoms in total. The number of para-hydroxylation sites is 2. The first-order chi connectivity index (χ1) is 12.5. The molecule has 0 bridgehead atoms. The smallest absolute Gasteiger partial charge is 0.275 e. The molecule has 1 fully saturated rings. The van der Waals surface area contributed by atoms with Gasteiger partial charge in [-0.2, -0.15) is 5.10 Å². The number of H-pyrrole nitrogens is 1. The van der Waals surface area contributed by atoms with Crippen molar-refractivity contribution in [3.05, 3.63) is 46.0 Å². The quantitative estimate of drug-likeness (QED) is 0.683. The van der Waals surface area contributed by atoms with Crippen molar-refractivity contribution in [1.82, 2.24) is 20.1 Å². The average molecular weight is 417 g/mol. The van der Waals surface area contributed by atoms with Crippen LogP contribution in [0, 0.1) is 0 Å². The van der Waals surface area contributed by atoms with Crippen molar-refractivity contribution >= 4 is 32.9 Å². The molecule has 136 valence electrons. The first-order valence-electron chi connectivity index (χ1n) is 8.93. The zero-order valence-corrected chi connectivity index (χ0v) is 16.4. The SMILES string of the molecule is CC(C)c1[nH]nc(C(=O)N2CCCC(c3nc4ccccc4o3)C2)c1Br. The van der Waals surface area contributed by atoms with Crippen LogP contribution in [0.15, 0.2) is 33.2 Å². The third-order valence-electron chi connectivity index (χ3n) is 4.88. The van der Waals surface area contributed by atoms with Crippen LogP contribution in [0.5, 0.6) is 0 Å². The highest BCUT2D eigenvalue weighted by Crippen LogP contribution is 2.31. The monoisotopic (exact) mass is 416 g/mol. The fourth-order valence-electron chi connectivity index (χ4n) is 3.44. The average Bonchev–Trinajstić information content (AvgIpc) is 3.24. The molecule has 4 rings (SSSR count). The number of carbonyl (C=O) groups excluding carboxylic acids is 1. The van der Waals surface area contributed by atoms with E-state index in [1.54, 1.807) is 0 Å². The molecule has 1 aromatic carbocycles. The fraction of sp³-hybridized carbons (Fsp3) is 0.421. The lowest BCUT2D eigenvalue weighted by Crippen LogP contribution is -2.39. The topological polar surface area (TPSA) is 75.0 Å². The van der Waals surface area contributed by atoms with E-state index < -0.39 is 0 Å². The van der Waals surface area contributed by atoms with E-state index in [9.17, 15) is 4.79 Å². The standard InChI is InChI=1S/C19H21BrN4O2/c1-11(2)16-15(20)17(23-22-16)19(25)24-9-5-6-12(10-24)18-21-13-7-3-4-8-14(13)26-18/h3-4,7-8,11-12H,5-6,9-10H2,1-2H3,(H,22,23). The van der Waals surface area contributed by atoms with E-state index in [4.69, 9.17) is 4.42 Å². The Bertz CT molecular complexity index is 913.